The topological polar surface area (TPSA) is 64.5 Å². The van der Waals surface area contributed by atoms with E-state index in [-0.39, 0.29) is 0 Å². The van der Waals surface area contributed by atoms with Crippen molar-refractivity contribution in [3.05, 3.63) is 104 Å². The maximum atomic E-state index is 4.95. The van der Waals surface area contributed by atoms with Crippen LogP contribution in [0, 0.1) is 0 Å². The molecule has 0 spiro atoms. The van der Waals surface area contributed by atoms with Gasteiger partial charge in [0.25, 0.3) is 0 Å². The molecule has 7 aromatic rings. The van der Waals surface area contributed by atoms with E-state index in [0.29, 0.717) is 0 Å². The molecule has 5 heterocycles. The lowest BCUT2D eigenvalue weighted by atomic mass is 9.98. The van der Waals surface area contributed by atoms with Gasteiger partial charge in [0, 0.05) is 47.0 Å². The smallest absolute Gasteiger partial charge is 0.143 e. The highest BCUT2D eigenvalue weighted by atomic mass is 32.1. The van der Waals surface area contributed by atoms with Crippen LogP contribution >= 0.6 is 22.7 Å². The molecule has 0 saturated carbocycles. The van der Waals surface area contributed by atoms with Crippen LogP contribution in [-0.2, 0) is 0 Å². The number of hydrogen-bond acceptors (Lipinski definition) is 7. The van der Waals surface area contributed by atoms with Gasteiger partial charge in [-0.1, -0.05) is 36.4 Å². The van der Waals surface area contributed by atoms with Crippen molar-refractivity contribution in [3.8, 4) is 43.7 Å². The van der Waals surface area contributed by atoms with Crippen LogP contribution in [0.1, 0.15) is 0 Å². The Morgan fingerprint density at radius 3 is 1.86 bits per heavy atom. The predicted octanol–water partition coefficient (Wildman–Crippen LogP) is 7.76. The van der Waals surface area contributed by atoms with Crippen LogP contribution in [0.4, 0.5) is 0 Å². The Balaban J connectivity index is 1.48. The van der Waals surface area contributed by atoms with Crippen molar-refractivity contribution in [1.82, 2.24) is 24.9 Å². The van der Waals surface area contributed by atoms with Crippen molar-refractivity contribution in [3.63, 3.8) is 0 Å². The van der Waals surface area contributed by atoms with E-state index in [1.807, 2.05) is 73.2 Å². The molecule has 0 bridgehead atoms. The summed E-state index contributed by atoms with van der Waals surface area (Å²) in [4.78, 5) is 23.9. The summed E-state index contributed by atoms with van der Waals surface area (Å²) in [6.07, 6.45) is 7.35. The lowest BCUT2D eigenvalue weighted by Gasteiger charge is -2.12. The Bertz CT molecular complexity index is 1790. The SMILES string of the molecule is c1cncc(-c2cnc(-c3nc4ccccc4s3)c(-c3cccnc3-c3nc4ccccc4s3)c2)c1. The summed E-state index contributed by atoms with van der Waals surface area (Å²) in [7, 11) is 0. The van der Waals surface area contributed by atoms with Crippen molar-refractivity contribution >= 4 is 43.1 Å². The Morgan fingerprint density at radius 1 is 0.528 bits per heavy atom. The normalized spacial score (nSPS) is 11.3. The fourth-order valence-electron chi connectivity index (χ4n) is 4.27. The molecular weight excluding hydrogens is 482 g/mol. The monoisotopic (exact) mass is 499 g/mol. The number of hydrogen-bond donors (Lipinski definition) is 0. The minimum absolute atomic E-state index is 0.833. The number of para-hydroxylation sites is 2. The molecule has 5 aromatic heterocycles. The molecule has 0 aliphatic heterocycles. The van der Waals surface area contributed by atoms with Crippen molar-refractivity contribution in [2.45, 2.75) is 0 Å². The van der Waals surface area contributed by atoms with E-state index in [1.54, 1.807) is 28.9 Å². The fourth-order valence-corrected chi connectivity index (χ4v) is 6.22. The van der Waals surface area contributed by atoms with Gasteiger partial charge >= 0.3 is 0 Å². The average Bonchev–Trinajstić information content (AvgIpc) is 3.58. The van der Waals surface area contributed by atoms with E-state index in [4.69, 9.17) is 19.9 Å². The van der Waals surface area contributed by atoms with Crippen LogP contribution in [0.3, 0.4) is 0 Å². The van der Waals surface area contributed by atoms with Crippen molar-refractivity contribution in [2.75, 3.05) is 0 Å². The molecule has 36 heavy (non-hydrogen) atoms. The molecule has 0 unspecified atom stereocenters. The van der Waals surface area contributed by atoms with Gasteiger partial charge in [-0.05, 0) is 42.5 Å². The first-order chi connectivity index (χ1) is 17.8. The van der Waals surface area contributed by atoms with Gasteiger partial charge in [-0.15, -0.1) is 22.7 Å². The molecule has 7 heteroatoms. The lowest BCUT2D eigenvalue weighted by molar-refractivity contribution is 1.27. The maximum absolute atomic E-state index is 4.95. The number of benzene rings is 2. The molecule has 0 atom stereocenters. The molecule has 0 saturated heterocycles. The highest BCUT2D eigenvalue weighted by Gasteiger charge is 2.20. The van der Waals surface area contributed by atoms with Crippen molar-refractivity contribution in [1.29, 1.82) is 0 Å². The third-order valence-electron chi connectivity index (χ3n) is 5.97. The van der Waals surface area contributed by atoms with Gasteiger partial charge in [0.2, 0.25) is 0 Å². The zero-order chi connectivity index (χ0) is 23.9. The molecule has 170 valence electrons. The summed E-state index contributed by atoms with van der Waals surface area (Å²) < 4.78 is 2.27. The largest absolute Gasteiger partial charge is 0.264 e. The van der Waals surface area contributed by atoms with Crippen LogP contribution in [0.25, 0.3) is 64.1 Å². The zero-order valence-electron chi connectivity index (χ0n) is 18.9. The van der Waals surface area contributed by atoms with Gasteiger partial charge in [0.05, 0.1) is 20.4 Å². The first kappa shape index (κ1) is 21.0. The fraction of sp³-hybridized carbons (Fsp3) is 0. The summed E-state index contributed by atoms with van der Waals surface area (Å²) in [5.41, 5.74) is 7.56. The lowest BCUT2D eigenvalue weighted by Crippen LogP contribution is -1.95. The van der Waals surface area contributed by atoms with Crippen LogP contribution in [0.2, 0.25) is 0 Å². The summed E-state index contributed by atoms with van der Waals surface area (Å²) in [6.45, 7) is 0. The number of rotatable bonds is 4. The minimum Gasteiger partial charge on any atom is -0.264 e. The molecule has 0 aliphatic rings. The molecule has 0 aliphatic carbocycles. The summed E-state index contributed by atoms with van der Waals surface area (Å²) in [5.74, 6) is 0. The van der Waals surface area contributed by atoms with Gasteiger partial charge in [0.1, 0.15) is 21.4 Å². The summed E-state index contributed by atoms with van der Waals surface area (Å²) in [6, 6.07) is 26.6. The first-order valence-corrected chi connectivity index (χ1v) is 13.0. The second-order valence-electron chi connectivity index (χ2n) is 8.23. The molecule has 0 amide bonds. The molecule has 0 fully saturated rings. The summed E-state index contributed by atoms with van der Waals surface area (Å²) in [5, 5.41) is 1.76. The van der Waals surface area contributed by atoms with Crippen LogP contribution in [-0.4, -0.2) is 24.9 Å². The standard InChI is InChI=1S/C29H17N5S2/c1-3-11-24-22(9-1)33-28(35-24)26-20(8-6-14-31-26)21-15-19(18-7-5-13-30-16-18)17-32-27(21)29-34-23-10-2-4-12-25(23)36-29/h1-17H. The van der Waals surface area contributed by atoms with Crippen LogP contribution in [0.5, 0.6) is 0 Å². The average molecular weight is 500 g/mol. The highest BCUT2D eigenvalue weighted by Crippen LogP contribution is 2.41. The van der Waals surface area contributed by atoms with E-state index >= 15 is 0 Å². The minimum atomic E-state index is 0.833. The first-order valence-electron chi connectivity index (χ1n) is 11.4. The third-order valence-corrected chi connectivity index (χ3v) is 8.06. The summed E-state index contributed by atoms with van der Waals surface area (Å²) >= 11 is 3.30. The Kier molecular flexibility index (Phi) is 5.08. The molecule has 7 rings (SSSR count). The number of aromatic nitrogens is 5. The van der Waals surface area contributed by atoms with Gasteiger partial charge in [0.15, 0.2) is 0 Å². The van der Waals surface area contributed by atoms with E-state index in [2.05, 4.69) is 29.2 Å². The van der Waals surface area contributed by atoms with E-state index in [1.165, 1.54) is 0 Å². The van der Waals surface area contributed by atoms with E-state index in [0.717, 1.165) is 64.1 Å². The highest BCUT2D eigenvalue weighted by molar-refractivity contribution is 7.22. The molecule has 2 aromatic carbocycles. The van der Waals surface area contributed by atoms with Gasteiger partial charge < -0.3 is 0 Å². The van der Waals surface area contributed by atoms with E-state index in [9.17, 15) is 0 Å². The van der Waals surface area contributed by atoms with Crippen molar-refractivity contribution in [2.24, 2.45) is 0 Å². The number of fused-ring (bicyclic) bond motifs is 2. The van der Waals surface area contributed by atoms with E-state index < -0.39 is 0 Å². The van der Waals surface area contributed by atoms with Crippen LogP contribution < -0.4 is 0 Å². The molecule has 0 N–H and O–H groups in total. The van der Waals surface area contributed by atoms with Gasteiger partial charge in [-0.2, -0.15) is 0 Å². The molecule has 0 radical (unpaired) electrons. The van der Waals surface area contributed by atoms with Gasteiger partial charge in [-0.3, -0.25) is 15.0 Å². The number of thiazole rings is 2. The second-order valence-corrected chi connectivity index (χ2v) is 10.3. The molecule has 5 nitrogen and oxygen atoms in total. The third kappa shape index (κ3) is 3.66. The molecular formula is C29H17N5S2. The zero-order valence-corrected chi connectivity index (χ0v) is 20.5. The quantitative estimate of drug-likeness (QED) is 0.248. The Morgan fingerprint density at radius 2 is 1.19 bits per heavy atom. The Hall–Kier alpha value is -4.33. The van der Waals surface area contributed by atoms with Crippen molar-refractivity contribution < 1.29 is 0 Å². The number of nitrogens with zero attached hydrogens (tertiary/aromatic N) is 5. The second kappa shape index (κ2) is 8.71. The predicted molar refractivity (Wildman–Crippen MR) is 148 cm³/mol. The van der Waals surface area contributed by atoms with Crippen LogP contribution in [0.15, 0.2) is 104 Å². The number of pyridine rings is 3. The Labute approximate surface area is 214 Å². The maximum Gasteiger partial charge on any atom is 0.143 e. The van der Waals surface area contributed by atoms with Gasteiger partial charge in [-0.25, -0.2) is 9.97 Å².